The maximum absolute atomic E-state index is 8.86. The zero-order valence-corrected chi connectivity index (χ0v) is 9.24. The van der Waals surface area contributed by atoms with Crippen molar-refractivity contribution in [3.63, 3.8) is 0 Å². The molecule has 16 heavy (non-hydrogen) atoms. The Hall–Kier alpha value is -1.76. The summed E-state index contributed by atoms with van der Waals surface area (Å²) in [6, 6.07) is 4.16. The molecule has 3 N–H and O–H groups in total. The molecule has 0 atom stereocenters. The number of nitrogens with one attached hydrogen (secondary N) is 1. The Morgan fingerprint density at radius 1 is 1.38 bits per heavy atom. The minimum Gasteiger partial charge on any atom is -0.395 e. The molecule has 1 fully saturated rings. The third-order valence-electron chi connectivity index (χ3n) is 3.06. The first-order valence-electron chi connectivity index (χ1n) is 5.72. The molecule has 84 valence electrons. The van der Waals surface area contributed by atoms with E-state index in [4.69, 9.17) is 11.0 Å². The van der Waals surface area contributed by atoms with Gasteiger partial charge in [-0.25, -0.2) is 4.98 Å². The van der Waals surface area contributed by atoms with Crippen molar-refractivity contribution in [1.82, 2.24) is 4.98 Å². The summed E-state index contributed by atoms with van der Waals surface area (Å²) in [7, 11) is 0. The van der Waals surface area contributed by atoms with E-state index in [1.54, 1.807) is 12.3 Å². The Labute approximate surface area is 95.5 Å². The van der Waals surface area contributed by atoms with Gasteiger partial charge in [0.05, 0.1) is 11.3 Å². The normalized spacial score (nSPS) is 16.7. The van der Waals surface area contributed by atoms with E-state index in [9.17, 15) is 0 Å². The second-order valence-electron chi connectivity index (χ2n) is 4.21. The molecule has 0 aliphatic heterocycles. The van der Waals surface area contributed by atoms with Gasteiger partial charge in [-0.05, 0) is 18.9 Å². The lowest BCUT2D eigenvalue weighted by atomic mass is 9.95. The summed E-state index contributed by atoms with van der Waals surface area (Å²) in [4.78, 5) is 4.19. The standard InChI is InChI=1S/C12H16N4/c13-8-9-6-7-15-12(11(9)14)16-10-4-2-1-3-5-10/h6-7,10H,1-5,14H2,(H,15,16). The molecule has 0 saturated heterocycles. The number of nitrogen functional groups attached to an aromatic ring is 1. The summed E-state index contributed by atoms with van der Waals surface area (Å²) < 4.78 is 0. The third kappa shape index (κ3) is 2.25. The topological polar surface area (TPSA) is 74.7 Å². The zero-order chi connectivity index (χ0) is 11.4. The van der Waals surface area contributed by atoms with Crippen LogP contribution in [0.25, 0.3) is 0 Å². The maximum Gasteiger partial charge on any atom is 0.150 e. The highest BCUT2D eigenvalue weighted by molar-refractivity contribution is 5.69. The van der Waals surface area contributed by atoms with Gasteiger partial charge in [0.15, 0.2) is 5.82 Å². The molecule has 4 heteroatoms. The number of nitrogens with two attached hydrogens (primary N) is 1. The minimum absolute atomic E-state index is 0.456. The number of anilines is 2. The molecule has 0 radical (unpaired) electrons. The number of hydrogen-bond acceptors (Lipinski definition) is 4. The van der Waals surface area contributed by atoms with Crippen molar-refractivity contribution in [2.45, 2.75) is 38.1 Å². The van der Waals surface area contributed by atoms with Crippen LogP contribution in [0.4, 0.5) is 11.5 Å². The van der Waals surface area contributed by atoms with E-state index in [0.29, 0.717) is 23.1 Å². The van der Waals surface area contributed by atoms with Gasteiger partial charge in [0, 0.05) is 12.2 Å². The van der Waals surface area contributed by atoms with Gasteiger partial charge in [0.1, 0.15) is 6.07 Å². The van der Waals surface area contributed by atoms with Crippen molar-refractivity contribution in [1.29, 1.82) is 5.26 Å². The fourth-order valence-electron chi connectivity index (χ4n) is 2.13. The molecule has 1 aromatic rings. The molecule has 2 rings (SSSR count). The fraction of sp³-hybridized carbons (Fsp3) is 0.500. The van der Waals surface area contributed by atoms with Gasteiger partial charge in [-0.15, -0.1) is 0 Å². The summed E-state index contributed by atoms with van der Waals surface area (Å²) >= 11 is 0. The molecule has 1 heterocycles. The van der Waals surface area contributed by atoms with Gasteiger partial charge in [-0.1, -0.05) is 19.3 Å². The van der Waals surface area contributed by atoms with E-state index in [1.807, 2.05) is 0 Å². The molecule has 1 aliphatic rings. The lowest BCUT2D eigenvalue weighted by Gasteiger charge is -2.23. The summed E-state index contributed by atoms with van der Waals surface area (Å²) in [6.45, 7) is 0. The first-order chi connectivity index (χ1) is 7.81. The van der Waals surface area contributed by atoms with Crippen LogP contribution in [-0.2, 0) is 0 Å². The molecule has 0 unspecified atom stereocenters. The number of hydrogen-bond donors (Lipinski definition) is 2. The van der Waals surface area contributed by atoms with E-state index >= 15 is 0 Å². The van der Waals surface area contributed by atoms with E-state index in [-0.39, 0.29) is 0 Å². The second-order valence-corrected chi connectivity index (χ2v) is 4.21. The van der Waals surface area contributed by atoms with Crippen molar-refractivity contribution in [2.75, 3.05) is 11.1 Å². The van der Waals surface area contributed by atoms with Gasteiger partial charge >= 0.3 is 0 Å². The monoisotopic (exact) mass is 216 g/mol. The summed E-state index contributed by atoms with van der Waals surface area (Å²) in [5.74, 6) is 0.658. The lowest BCUT2D eigenvalue weighted by molar-refractivity contribution is 0.462. The van der Waals surface area contributed by atoms with E-state index in [0.717, 1.165) is 12.8 Å². The van der Waals surface area contributed by atoms with E-state index in [1.165, 1.54) is 19.3 Å². The molecule has 1 saturated carbocycles. The van der Waals surface area contributed by atoms with Crippen LogP contribution in [0.2, 0.25) is 0 Å². The number of aromatic nitrogens is 1. The quantitative estimate of drug-likeness (QED) is 0.795. The number of pyridine rings is 1. The van der Waals surface area contributed by atoms with Gasteiger partial charge in [-0.2, -0.15) is 5.26 Å². The van der Waals surface area contributed by atoms with Crippen LogP contribution in [-0.4, -0.2) is 11.0 Å². The molecule has 0 bridgehead atoms. The molecular weight excluding hydrogens is 200 g/mol. The second kappa shape index (κ2) is 4.84. The van der Waals surface area contributed by atoms with Crippen molar-refractivity contribution >= 4 is 11.5 Å². The van der Waals surface area contributed by atoms with Crippen LogP contribution in [0, 0.1) is 11.3 Å². The van der Waals surface area contributed by atoms with Crippen LogP contribution in [0.15, 0.2) is 12.3 Å². The zero-order valence-electron chi connectivity index (χ0n) is 9.24. The highest BCUT2D eigenvalue weighted by atomic mass is 15.0. The maximum atomic E-state index is 8.86. The Morgan fingerprint density at radius 2 is 2.12 bits per heavy atom. The van der Waals surface area contributed by atoms with Crippen molar-refractivity contribution in [2.24, 2.45) is 0 Å². The minimum atomic E-state index is 0.456. The smallest absolute Gasteiger partial charge is 0.150 e. The van der Waals surface area contributed by atoms with Crippen LogP contribution in [0.5, 0.6) is 0 Å². The first kappa shape index (κ1) is 10.7. The van der Waals surface area contributed by atoms with Crippen LogP contribution in [0.1, 0.15) is 37.7 Å². The average molecular weight is 216 g/mol. The first-order valence-corrected chi connectivity index (χ1v) is 5.72. The van der Waals surface area contributed by atoms with E-state index < -0.39 is 0 Å². The Balaban J connectivity index is 2.12. The van der Waals surface area contributed by atoms with Gasteiger partial charge < -0.3 is 11.1 Å². The van der Waals surface area contributed by atoms with Gasteiger partial charge in [0.2, 0.25) is 0 Å². The van der Waals surface area contributed by atoms with Crippen LogP contribution < -0.4 is 11.1 Å². The molecule has 0 spiro atoms. The average Bonchev–Trinajstić information content (AvgIpc) is 2.33. The van der Waals surface area contributed by atoms with Gasteiger partial charge in [-0.3, -0.25) is 0 Å². The number of rotatable bonds is 2. The summed E-state index contributed by atoms with van der Waals surface area (Å²) in [5, 5.41) is 12.2. The number of nitrogens with zero attached hydrogens (tertiary/aromatic N) is 2. The van der Waals surface area contributed by atoms with Crippen molar-refractivity contribution in [3.05, 3.63) is 17.8 Å². The van der Waals surface area contributed by atoms with Crippen molar-refractivity contribution in [3.8, 4) is 6.07 Å². The fourth-order valence-corrected chi connectivity index (χ4v) is 2.13. The molecule has 1 aliphatic carbocycles. The SMILES string of the molecule is N#Cc1ccnc(NC2CCCCC2)c1N. The molecule has 1 aromatic heterocycles. The molecule has 0 amide bonds. The largest absolute Gasteiger partial charge is 0.395 e. The number of nitriles is 1. The van der Waals surface area contributed by atoms with Crippen LogP contribution in [0.3, 0.4) is 0 Å². The van der Waals surface area contributed by atoms with Gasteiger partial charge in [0.25, 0.3) is 0 Å². The molecule has 0 aromatic carbocycles. The Bertz CT molecular complexity index is 402. The molecule has 4 nitrogen and oxygen atoms in total. The molecular formula is C12H16N4. The highest BCUT2D eigenvalue weighted by Gasteiger charge is 2.15. The predicted molar refractivity (Wildman–Crippen MR) is 63.9 cm³/mol. The lowest BCUT2D eigenvalue weighted by Crippen LogP contribution is -2.23. The third-order valence-corrected chi connectivity index (χ3v) is 3.06. The summed E-state index contributed by atoms with van der Waals surface area (Å²) in [5.41, 5.74) is 6.83. The van der Waals surface area contributed by atoms with Crippen molar-refractivity contribution < 1.29 is 0 Å². The summed E-state index contributed by atoms with van der Waals surface area (Å²) in [6.07, 6.45) is 7.79. The van der Waals surface area contributed by atoms with Crippen LogP contribution >= 0.6 is 0 Å². The highest BCUT2D eigenvalue weighted by Crippen LogP contribution is 2.25. The predicted octanol–water partition coefficient (Wildman–Crippen LogP) is 2.28. The Kier molecular flexibility index (Phi) is 3.25. The van der Waals surface area contributed by atoms with E-state index in [2.05, 4.69) is 16.4 Å². The Morgan fingerprint density at radius 3 is 2.81 bits per heavy atom.